The highest BCUT2D eigenvalue weighted by Gasteiger charge is 2.31. The Morgan fingerprint density at radius 1 is 1.23 bits per heavy atom. The lowest BCUT2D eigenvalue weighted by molar-refractivity contribution is -0.130. The SMILES string of the molecule is O=C(CCl)N1CCN(C2CC2)CC1. The molecule has 2 rings (SSSR count). The van der Waals surface area contributed by atoms with Crippen molar-refractivity contribution >= 4 is 17.5 Å². The first-order chi connectivity index (χ1) is 6.31. The van der Waals surface area contributed by atoms with Crippen LogP contribution in [-0.4, -0.2) is 53.8 Å². The van der Waals surface area contributed by atoms with Crippen LogP contribution >= 0.6 is 11.6 Å². The van der Waals surface area contributed by atoms with E-state index < -0.39 is 0 Å². The molecule has 1 amide bonds. The zero-order valence-corrected chi connectivity index (χ0v) is 8.46. The molecule has 74 valence electrons. The Labute approximate surface area is 83.6 Å². The van der Waals surface area contributed by atoms with Crippen molar-refractivity contribution in [3.8, 4) is 0 Å². The van der Waals surface area contributed by atoms with E-state index in [2.05, 4.69) is 4.90 Å². The average molecular weight is 203 g/mol. The highest BCUT2D eigenvalue weighted by Crippen LogP contribution is 2.27. The Hall–Kier alpha value is -0.280. The molecule has 13 heavy (non-hydrogen) atoms. The Balaban J connectivity index is 1.78. The van der Waals surface area contributed by atoms with E-state index in [0.717, 1.165) is 32.2 Å². The molecular formula is C9H15ClN2O. The number of carbonyl (C=O) groups is 1. The molecule has 0 aromatic carbocycles. The van der Waals surface area contributed by atoms with Crippen LogP contribution in [0.2, 0.25) is 0 Å². The number of hydrogen-bond acceptors (Lipinski definition) is 2. The van der Waals surface area contributed by atoms with E-state index in [1.165, 1.54) is 12.8 Å². The Kier molecular flexibility index (Phi) is 2.74. The van der Waals surface area contributed by atoms with E-state index >= 15 is 0 Å². The number of nitrogens with zero attached hydrogens (tertiary/aromatic N) is 2. The predicted octanol–water partition coefficient (Wildman–Crippen LogP) is 0.532. The van der Waals surface area contributed by atoms with Gasteiger partial charge in [0.25, 0.3) is 0 Å². The van der Waals surface area contributed by atoms with Crippen molar-refractivity contribution in [1.82, 2.24) is 9.80 Å². The number of halogens is 1. The monoisotopic (exact) mass is 202 g/mol. The van der Waals surface area contributed by atoms with Crippen LogP contribution in [0.5, 0.6) is 0 Å². The standard InChI is InChI=1S/C9H15ClN2O/c10-7-9(13)12-5-3-11(4-6-12)8-1-2-8/h8H,1-7H2. The molecule has 1 saturated heterocycles. The summed E-state index contributed by atoms with van der Waals surface area (Å²) in [6, 6.07) is 0.827. The quantitative estimate of drug-likeness (QED) is 0.610. The molecule has 0 unspecified atom stereocenters. The van der Waals surface area contributed by atoms with Crippen molar-refractivity contribution < 1.29 is 4.79 Å². The van der Waals surface area contributed by atoms with E-state index in [1.54, 1.807) is 0 Å². The molecular weight excluding hydrogens is 188 g/mol. The molecule has 0 atom stereocenters. The highest BCUT2D eigenvalue weighted by atomic mass is 35.5. The molecule has 0 N–H and O–H groups in total. The summed E-state index contributed by atoms with van der Waals surface area (Å²) < 4.78 is 0. The van der Waals surface area contributed by atoms with E-state index in [1.807, 2.05) is 4.90 Å². The molecule has 2 aliphatic rings. The Bertz CT molecular complexity index is 198. The summed E-state index contributed by atoms with van der Waals surface area (Å²) in [6.07, 6.45) is 2.70. The second-order valence-electron chi connectivity index (χ2n) is 3.78. The third-order valence-corrected chi connectivity index (χ3v) is 3.07. The van der Waals surface area contributed by atoms with Crippen LogP contribution in [0.25, 0.3) is 0 Å². The Morgan fingerprint density at radius 3 is 2.31 bits per heavy atom. The van der Waals surface area contributed by atoms with Gasteiger partial charge in [0.05, 0.1) is 0 Å². The first kappa shape index (κ1) is 9.28. The predicted molar refractivity (Wildman–Crippen MR) is 51.9 cm³/mol. The van der Waals surface area contributed by atoms with Crippen molar-refractivity contribution in [1.29, 1.82) is 0 Å². The molecule has 0 aromatic heterocycles. The second kappa shape index (κ2) is 3.84. The van der Waals surface area contributed by atoms with E-state index in [9.17, 15) is 4.79 Å². The van der Waals surface area contributed by atoms with Crippen LogP contribution in [0.4, 0.5) is 0 Å². The van der Waals surface area contributed by atoms with E-state index in [4.69, 9.17) is 11.6 Å². The maximum atomic E-state index is 11.2. The highest BCUT2D eigenvalue weighted by molar-refractivity contribution is 6.27. The van der Waals surface area contributed by atoms with Gasteiger partial charge in [-0.1, -0.05) is 0 Å². The minimum absolute atomic E-state index is 0.0807. The zero-order chi connectivity index (χ0) is 9.26. The lowest BCUT2D eigenvalue weighted by Gasteiger charge is -2.34. The number of amides is 1. The van der Waals surface area contributed by atoms with Gasteiger partial charge in [-0.25, -0.2) is 0 Å². The van der Waals surface area contributed by atoms with Gasteiger partial charge in [0.1, 0.15) is 5.88 Å². The van der Waals surface area contributed by atoms with Gasteiger partial charge in [0.2, 0.25) is 5.91 Å². The van der Waals surface area contributed by atoms with Gasteiger partial charge in [-0.3, -0.25) is 9.69 Å². The number of rotatable bonds is 2. The summed E-state index contributed by atoms with van der Waals surface area (Å²) in [6.45, 7) is 3.80. The zero-order valence-electron chi connectivity index (χ0n) is 7.71. The Morgan fingerprint density at radius 2 is 1.85 bits per heavy atom. The third kappa shape index (κ3) is 2.15. The van der Waals surface area contributed by atoms with Crippen LogP contribution < -0.4 is 0 Å². The second-order valence-corrected chi connectivity index (χ2v) is 4.05. The van der Waals surface area contributed by atoms with Gasteiger partial charge in [0, 0.05) is 32.2 Å². The van der Waals surface area contributed by atoms with Gasteiger partial charge in [-0.15, -0.1) is 11.6 Å². The van der Waals surface area contributed by atoms with Crippen molar-refractivity contribution in [2.75, 3.05) is 32.1 Å². The number of piperazine rings is 1. The minimum Gasteiger partial charge on any atom is -0.339 e. The van der Waals surface area contributed by atoms with Gasteiger partial charge < -0.3 is 4.90 Å². The van der Waals surface area contributed by atoms with E-state index in [0.29, 0.717) is 0 Å². The van der Waals surface area contributed by atoms with Crippen molar-refractivity contribution in [2.45, 2.75) is 18.9 Å². The van der Waals surface area contributed by atoms with Crippen LogP contribution in [0, 0.1) is 0 Å². The first-order valence-corrected chi connectivity index (χ1v) is 5.42. The number of hydrogen-bond donors (Lipinski definition) is 0. The fourth-order valence-corrected chi connectivity index (χ4v) is 2.03. The molecule has 0 aromatic rings. The van der Waals surface area contributed by atoms with Crippen molar-refractivity contribution in [3.05, 3.63) is 0 Å². The van der Waals surface area contributed by atoms with Gasteiger partial charge in [-0.05, 0) is 12.8 Å². The first-order valence-electron chi connectivity index (χ1n) is 4.89. The fourth-order valence-electron chi connectivity index (χ4n) is 1.86. The van der Waals surface area contributed by atoms with Gasteiger partial charge >= 0.3 is 0 Å². The number of carbonyl (C=O) groups excluding carboxylic acids is 1. The maximum Gasteiger partial charge on any atom is 0.237 e. The van der Waals surface area contributed by atoms with Crippen LogP contribution in [0.3, 0.4) is 0 Å². The lowest BCUT2D eigenvalue weighted by Crippen LogP contribution is -2.49. The molecule has 4 heteroatoms. The molecule has 0 bridgehead atoms. The molecule has 1 aliphatic carbocycles. The normalized spacial score (nSPS) is 24.8. The third-order valence-electron chi connectivity index (χ3n) is 2.84. The lowest BCUT2D eigenvalue weighted by atomic mass is 10.3. The largest absolute Gasteiger partial charge is 0.339 e. The van der Waals surface area contributed by atoms with Crippen LogP contribution in [0.1, 0.15) is 12.8 Å². The minimum atomic E-state index is 0.0807. The molecule has 2 fully saturated rings. The van der Waals surface area contributed by atoms with Crippen molar-refractivity contribution in [3.63, 3.8) is 0 Å². The maximum absolute atomic E-state index is 11.2. The van der Waals surface area contributed by atoms with Crippen LogP contribution in [0.15, 0.2) is 0 Å². The summed E-state index contributed by atoms with van der Waals surface area (Å²) >= 11 is 5.49. The summed E-state index contributed by atoms with van der Waals surface area (Å²) in [5, 5.41) is 0. The smallest absolute Gasteiger partial charge is 0.237 e. The van der Waals surface area contributed by atoms with Gasteiger partial charge in [-0.2, -0.15) is 0 Å². The molecule has 1 saturated carbocycles. The topological polar surface area (TPSA) is 23.6 Å². The van der Waals surface area contributed by atoms with Gasteiger partial charge in [0.15, 0.2) is 0 Å². The average Bonchev–Trinajstić information content (AvgIpc) is 3.00. The summed E-state index contributed by atoms with van der Waals surface area (Å²) in [5.41, 5.74) is 0. The van der Waals surface area contributed by atoms with E-state index in [-0.39, 0.29) is 11.8 Å². The fraction of sp³-hybridized carbons (Fsp3) is 0.889. The van der Waals surface area contributed by atoms with Crippen molar-refractivity contribution in [2.24, 2.45) is 0 Å². The molecule has 0 spiro atoms. The molecule has 3 nitrogen and oxygen atoms in total. The summed E-state index contributed by atoms with van der Waals surface area (Å²) in [5.74, 6) is 0.209. The molecule has 1 aliphatic heterocycles. The van der Waals surface area contributed by atoms with Crippen LogP contribution in [-0.2, 0) is 4.79 Å². The summed E-state index contributed by atoms with van der Waals surface area (Å²) in [4.78, 5) is 15.6. The number of alkyl halides is 1. The molecule has 1 heterocycles. The summed E-state index contributed by atoms with van der Waals surface area (Å²) in [7, 11) is 0. The molecule has 0 radical (unpaired) electrons.